The first-order valence-corrected chi connectivity index (χ1v) is 11.7. The zero-order chi connectivity index (χ0) is 22.8. The summed E-state index contributed by atoms with van der Waals surface area (Å²) in [7, 11) is 3.55. The Morgan fingerprint density at radius 2 is 1.97 bits per heavy atom. The summed E-state index contributed by atoms with van der Waals surface area (Å²) in [5.74, 6) is 1.82. The third-order valence-electron chi connectivity index (χ3n) is 5.90. The van der Waals surface area contributed by atoms with Crippen LogP contribution in [0, 0.1) is 0 Å². The summed E-state index contributed by atoms with van der Waals surface area (Å²) in [5, 5.41) is 6.92. The Kier molecular flexibility index (Phi) is 11.7. The van der Waals surface area contributed by atoms with E-state index in [9.17, 15) is 4.79 Å². The fraction of sp³-hybridized carbons (Fsp3) is 0.520. The Bertz CT molecular complexity index is 869. The van der Waals surface area contributed by atoms with E-state index in [1.54, 1.807) is 25.3 Å². The van der Waals surface area contributed by atoms with E-state index in [2.05, 4.69) is 28.5 Å². The van der Waals surface area contributed by atoms with E-state index in [-0.39, 0.29) is 29.9 Å². The first-order valence-electron chi connectivity index (χ1n) is 11.7. The summed E-state index contributed by atoms with van der Waals surface area (Å²) in [6.45, 7) is 6.78. The number of carbonyl (C=O) groups is 1. The van der Waals surface area contributed by atoms with Crippen LogP contribution in [-0.4, -0.2) is 74.5 Å². The van der Waals surface area contributed by atoms with Crippen LogP contribution in [0.15, 0.2) is 52.1 Å². The zero-order valence-corrected chi connectivity index (χ0v) is 22.4. The van der Waals surface area contributed by atoms with Gasteiger partial charge in [0.05, 0.1) is 12.8 Å². The topological polar surface area (TPSA) is 73.1 Å². The second-order valence-electron chi connectivity index (χ2n) is 8.45. The highest BCUT2D eigenvalue weighted by Crippen LogP contribution is 2.16. The van der Waals surface area contributed by atoms with E-state index in [1.807, 2.05) is 30.3 Å². The fourth-order valence-corrected chi connectivity index (χ4v) is 4.09. The molecule has 0 radical (unpaired) electrons. The van der Waals surface area contributed by atoms with E-state index < -0.39 is 0 Å². The van der Waals surface area contributed by atoms with Gasteiger partial charge in [0.25, 0.3) is 5.91 Å². The lowest BCUT2D eigenvalue weighted by Gasteiger charge is -2.21. The molecule has 8 heteroatoms. The number of aliphatic imine (C=N–C) groups is 1. The van der Waals surface area contributed by atoms with Gasteiger partial charge < -0.3 is 20.0 Å². The van der Waals surface area contributed by atoms with Crippen molar-refractivity contribution in [3.05, 3.63) is 59.5 Å². The van der Waals surface area contributed by atoms with Crippen LogP contribution in [0.2, 0.25) is 0 Å². The van der Waals surface area contributed by atoms with Crippen LogP contribution in [0.5, 0.6) is 0 Å². The molecule has 3 rings (SSSR count). The minimum Gasteiger partial charge on any atom is -0.469 e. The smallest absolute Gasteiger partial charge is 0.253 e. The predicted molar refractivity (Wildman–Crippen MR) is 145 cm³/mol. The van der Waals surface area contributed by atoms with Gasteiger partial charge in [-0.1, -0.05) is 19.1 Å². The Morgan fingerprint density at radius 1 is 1.18 bits per heavy atom. The molecule has 1 fully saturated rings. The molecule has 182 valence electrons. The van der Waals surface area contributed by atoms with Crippen LogP contribution in [0.25, 0.3) is 0 Å². The maximum Gasteiger partial charge on any atom is 0.253 e. The Labute approximate surface area is 215 Å². The van der Waals surface area contributed by atoms with Gasteiger partial charge in [0.1, 0.15) is 5.76 Å². The van der Waals surface area contributed by atoms with Crippen LogP contribution in [-0.2, 0) is 12.8 Å². The van der Waals surface area contributed by atoms with Crippen molar-refractivity contribution < 1.29 is 9.21 Å². The Balaban J connectivity index is 0.00000385. The minimum atomic E-state index is 0. The molecule has 1 aromatic heterocycles. The van der Waals surface area contributed by atoms with E-state index in [1.165, 1.54) is 19.4 Å². The molecule has 1 saturated heterocycles. The molecule has 1 aromatic carbocycles. The molecule has 2 heterocycles. The van der Waals surface area contributed by atoms with Crippen LogP contribution in [0.3, 0.4) is 0 Å². The maximum absolute atomic E-state index is 12.2. The summed E-state index contributed by atoms with van der Waals surface area (Å²) in [6, 6.07) is 12.3. The lowest BCUT2D eigenvalue weighted by molar-refractivity contribution is 0.0827. The molecule has 0 bridgehead atoms. The van der Waals surface area contributed by atoms with E-state index in [0.29, 0.717) is 6.04 Å². The average Bonchev–Trinajstić information content (AvgIpc) is 3.48. The number of carbonyl (C=O) groups excluding carboxylic acids is 1. The first-order chi connectivity index (χ1) is 15.6. The molecule has 2 aromatic rings. The van der Waals surface area contributed by atoms with E-state index in [4.69, 9.17) is 9.41 Å². The zero-order valence-electron chi connectivity index (χ0n) is 20.0. The molecule has 1 aliphatic rings. The number of halogens is 1. The summed E-state index contributed by atoms with van der Waals surface area (Å²) in [4.78, 5) is 21.2. The molecule has 7 nitrogen and oxygen atoms in total. The highest BCUT2D eigenvalue weighted by molar-refractivity contribution is 14.0. The molecule has 2 N–H and O–H groups in total. The highest BCUT2D eigenvalue weighted by Gasteiger charge is 2.22. The van der Waals surface area contributed by atoms with Crippen LogP contribution in [0.4, 0.5) is 0 Å². The van der Waals surface area contributed by atoms with Crippen molar-refractivity contribution >= 4 is 35.8 Å². The normalized spacial score (nSPS) is 16.3. The average molecular weight is 568 g/mol. The molecule has 1 aliphatic heterocycles. The lowest BCUT2D eigenvalue weighted by atomic mass is 10.1. The molecule has 1 amide bonds. The number of nitrogens with one attached hydrogen (secondary N) is 2. The molecular formula is C25H38IN5O2. The largest absolute Gasteiger partial charge is 0.469 e. The van der Waals surface area contributed by atoms with Crippen LogP contribution in [0.1, 0.15) is 41.4 Å². The van der Waals surface area contributed by atoms with Crippen LogP contribution < -0.4 is 10.6 Å². The second-order valence-corrected chi connectivity index (χ2v) is 8.45. The highest BCUT2D eigenvalue weighted by atomic mass is 127. The summed E-state index contributed by atoms with van der Waals surface area (Å²) in [6.07, 6.45) is 5.80. The number of furan rings is 1. The van der Waals surface area contributed by atoms with Crippen molar-refractivity contribution in [2.75, 3.05) is 46.8 Å². The molecule has 0 saturated carbocycles. The fourth-order valence-electron chi connectivity index (χ4n) is 4.09. The summed E-state index contributed by atoms with van der Waals surface area (Å²) < 4.78 is 5.43. The Morgan fingerprint density at radius 3 is 2.67 bits per heavy atom. The number of nitrogens with zero attached hydrogens (tertiary/aromatic N) is 3. The van der Waals surface area contributed by atoms with Gasteiger partial charge in [0.15, 0.2) is 5.96 Å². The maximum atomic E-state index is 12.2. The van der Waals surface area contributed by atoms with Gasteiger partial charge in [0, 0.05) is 45.2 Å². The van der Waals surface area contributed by atoms with Crippen molar-refractivity contribution in [2.24, 2.45) is 4.99 Å². The van der Waals surface area contributed by atoms with E-state index in [0.717, 1.165) is 61.9 Å². The van der Waals surface area contributed by atoms with Gasteiger partial charge in [-0.05, 0) is 62.2 Å². The SMILES string of the molecule is CCN1CCCC1CN=C(NCCc1cccc(C(=O)N(C)C)c1)NCCc1ccco1.I. The number of amides is 1. The number of rotatable bonds is 10. The molecular weight excluding hydrogens is 529 g/mol. The van der Waals surface area contributed by atoms with Gasteiger partial charge >= 0.3 is 0 Å². The second kappa shape index (κ2) is 14.2. The van der Waals surface area contributed by atoms with Gasteiger partial charge in [-0.15, -0.1) is 24.0 Å². The quantitative estimate of drug-likeness (QED) is 0.262. The number of hydrogen-bond donors (Lipinski definition) is 2. The van der Waals surface area contributed by atoms with Crippen molar-refractivity contribution in [1.82, 2.24) is 20.4 Å². The first kappa shape index (κ1) is 27.2. The molecule has 1 unspecified atom stereocenters. The van der Waals surface area contributed by atoms with Gasteiger partial charge in [-0.2, -0.15) is 0 Å². The van der Waals surface area contributed by atoms with Gasteiger partial charge in [0.2, 0.25) is 0 Å². The van der Waals surface area contributed by atoms with Gasteiger partial charge in [-0.3, -0.25) is 14.7 Å². The third-order valence-corrected chi connectivity index (χ3v) is 5.90. The third kappa shape index (κ3) is 8.66. The van der Waals surface area contributed by atoms with Crippen molar-refractivity contribution in [3.63, 3.8) is 0 Å². The van der Waals surface area contributed by atoms with Gasteiger partial charge in [-0.25, -0.2) is 0 Å². The standard InChI is InChI=1S/C25H37N5O2.HI/c1-4-30-16-6-10-22(30)19-28-25(27-15-13-23-11-7-17-32-23)26-14-12-20-8-5-9-21(18-20)24(31)29(2)3;/h5,7-9,11,17-18,22H,4,6,10,12-16,19H2,1-3H3,(H2,26,27,28);1H. The minimum absolute atomic E-state index is 0. The number of hydrogen-bond acceptors (Lipinski definition) is 4. The van der Waals surface area contributed by atoms with Crippen LogP contribution >= 0.6 is 24.0 Å². The molecule has 1 atom stereocenters. The molecule has 0 spiro atoms. The molecule has 0 aliphatic carbocycles. The number of likely N-dealkylation sites (N-methyl/N-ethyl adjacent to an activating group) is 1. The lowest BCUT2D eigenvalue weighted by Crippen LogP contribution is -2.41. The predicted octanol–water partition coefficient (Wildman–Crippen LogP) is 3.40. The van der Waals surface area contributed by atoms with E-state index >= 15 is 0 Å². The van der Waals surface area contributed by atoms with Crippen molar-refractivity contribution in [2.45, 2.75) is 38.6 Å². The monoisotopic (exact) mass is 567 g/mol. The Hall–Kier alpha value is -2.07. The summed E-state index contributed by atoms with van der Waals surface area (Å²) >= 11 is 0. The number of likely N-dealkylation sites (tertiary alicyclic amines) is 1. The van der Waals surface area contributed by atoms with Crippen molar-refractivity contribution in [1.29, 1.82) is 0 Å². The van der Waals surface area contributed by atoms with Crippen molar-refractivity contribution in [3.8, 4) is 0 Å². The summed E-state index contributed by atoms with van der Waals surface area (Å²) in [5.41, 5.74) is 1.85. The molecule has 33 heavy (non-hydrogen) atoms. The number of guanidine groups is 1. The number of benzene rings is 1.